The molecule has 9 heteroatoms. The van der Waals surface area contributed by atoms with Crippen molar-refractivity contribution in [3.63, 3.8) is 0 Å². The highest BCUT2D eigenvalue weighted by atomic mass is 35.5. The molecule has 3 N–H and O–H groups in total. The van der Waals surface area contributed by atoms with E-state index in [4.69, 9.17) is 25.8 Å². The molecule has 2 aromatic carbocycles. The highest BCUT2D eigenvalue weighted by Crippen LogP contribution is 2.50. The molecular weight excluding hydrogens is 434 g/mol. The van der Waals surface area contributed by atoms with Gasteiger partial charge in [0.1, 0.15) is 25.0 Å². The zero-order chi connectivity index (χ0) is 22.4. The summed E-state index contributed by atoms with van der Waals surface area (Å²) in [7, 11) is 0. The zero-order valence-electron chi connectivity index (χ0n) is 16.7. The van der Waals surface area contributed by atoms with Crippen LogP contribution in [0.3, 0.4) is 0 Å². The van der Waals surface area contributed by atoms with E-state index in [1.165, 1.54) is 18.2 Å². The van der Waals surface area contributed by atoms with Crippen LogP contribution in [0.15, 0.2) is 36.4 Å². The van der Waals surface area contributed by atoms with Crippen LogP contribution in [0.25, 0.3) is 0 Å². The lowest BCUT2D eigenvalue weighted by Crippen LogP contribution is -2.65. The first-order valence-electron chi connectivity index (χ1n) is 9.91. The van der Waals surface area contributed by atoms with Crippen molar-refractivity contribution in [1.29, 1.82) is 0 Å². The molecule has 2 aliphatic heterocycles. The quantitative estimate of drug-likeness (QED) is 0.619. The Labute approximate surface area is 182 Å². The van der Waals surface area contributed by atoms with Crippen LogP contribution in [0.4, 0.5) is 8.78 Å². The van der Waals surface area contributed by atoms with Gasteiger partial charge in [-0.1, -0.05) is 23.7 Å². The van der Waals surface area contributed by atoms with Crippen LogP contribution in [0.2, 0.25) is 5.02 Å². The SMILES string of the molecule is CCOc1ccc(Cc2cc([C@]34OC[C@](CF)(O3)[C@@H](O)[C@H](O)[C@H]4O)ccc2Cl)cc1F. The Bertz CT molecular complexity index is 975. The molecule has 5 atom stereocenters. The Balaban J connectivity index is 1.68. The Morgan fingerprint density at radius 3 is 2.61 bits per heavy atom. The number of hydrogen-bond donors (Lipinski definition) is 3. The predicted octanol–water partition coefficient (Wildman–Crippen LogP) is 2.47. The molecule has 0 unspecified atom stereocenters. The van der Waals surface area contributed by atoms with E-state index in [2.05, 4.69) is 0 Å². The molecule has 0 aliphatic carbocycles. The largest absolute Gasteiger partial charge is 0.491 e. The number of alkyl halides is 1. The number of aliphatic hydroxyl groups is 3. The molecule has 0 amide bonds. The van der Waals surface area contributed by atoms with Crippen LogP contribution >= 0.6 is 11.6 Å². The summed E-state index contributed by atoms with van der Waals surface area (Å²) >= 11 is 6.34. The van der Waals surface area contributed by atoms with E-state index in [9.17, 15) is 24.1 Å². The van der Waals surface area contributed by atoms with E-state index >= 15 is 0 Å². The topological polar surface area (TPSA) is 88.4 Å². The van der Waals surface area contributed by atoms with Crippen molar-refractivity contribution in [2.75, 3.05) is 19.9 Å². The Hall–Kier alpha value is -1.81. The molecule has 4 rings (SSSR count). The van der Waals surface area contributed by atoms with Crippen molar-refractivity contribution >= 4 is 11.6 Å². The van der Waals surface area contributed by atoms with E-state index in [1.54, 1.807) is 25.1 Å². The lowest BCUT2D eigenvalue weighted by molar-refractivity contribution is -0.327. The molecule has 0 spiro atoms. The zero-order valence-corrected chi connectivity index (χ0v) is 17.5. The number of ether oxygens (including phenoxy) is 3. The minimum atomic E-state index is -1.87. The van der Waals surface area contributed by atoms with Gasteiger partial charge < -0.3 is 29.5 Å². The summed E-state index contributed by atoms with van der Waals surface area (Å²) in [6, 6.07) is 9.27. The van der Waals surface area contributed by atoms with Crippen molar-refractivity contribution < 1.29 is 38.3 Å². The second-order valence-corrected chi connectivity index (χ2v) is 8.22. The number of fused-ring (bicyclic) bond motifs is 2. The van der Waals surface area contributed by atoms with Gasteiger partial charge in [0.15, 0.2) is 17.2 Å². The summed E-state index contributed by atoms with van der Waals surface area (Å²) in [5.74, 6) is -2.22. The molecule has 168 valence electrons. The summed E-state index contributed by atoms with van der Waals surface area (Å²) in [5.41, 5.74) is -0.276. The van der Waals surface area contributed by atoms with Gasteiger partial charge in [0.25, 0.3) is 0 Å². The second-order valence-electron chi connectivity index (χ2n) is 7.82. The average molecular weight is 457 g/mol. The van der Waals surface area contributed by atoms with Gasteiger partial charge in [-0.2, -0.15) is 0 Å². The van der Waals surface area contributed by atoms with Crippen LogP contribution in [0, 0.1) is 5.82 Å². The standard InChI is InChI=1S/C22H23ClF2O6/c1-2-29-17-6-3-12(8-16(17)25)7-13-9-14(4-5-15(13)23)22-20(28)18(26)19(27)21(10-24,31-22)11-30-22/h3-6,8-9,18-20,26-28H,2,7,10-11H2,1H3/t18-,19-,20+,21-,22-/m0/s1. The molecule has 6 nitrogen and oxygen atoms in total. The summed E-state index contributed by atoms with van der Waals surface area (Å²) in [5, 5.41) is 31.5. The predicted molar refractivity (Wildman–Crippen MR) is 107 cm³/mol. The number of hydrogen-bond acceptors (Lipinski definition) is 6. The summed E-state index contributed by atoms with van der Waals surface area (Å²) in [6.45, 7) is 0.653. The van der Waals surface area contributed by atoms with Crippen LogP contribution in [0.5, 0.6) is 5.75 Å². The molecule has 0 aromatic heterocycles. The van der Waals surface area contributed by atoms with Crippen LogP contribution < -0.4 is 4.74 Å². The third kappa shape index (κ3) is 3.61. The average Bonchev–Trinajstić information content (AvgIpc) is 3.15. The fourth-order valence-corrected chi connectivity index (χ4v) is 4.31. The van der Waals surface area contributed by atoms with Crippen molar-refractivity contribution in [3.05, 3.63) is 63.9 Å². The first-order valence-corrected chi connectivity index (χ1v) is 10.3. The summed E-state index contributed by atoms with van der Waals surface area (Å²) in [4.78, 5) is 0. The molecule has 0 radical (unpaired) electrons. The highest BCUT2D eigenvalue weighted by molar-refractivity contribution is 6.31. The van der Waals surface area contributed by atoms with Crippen molar-refractivity contribution in [1.82, 2.24) is 0 Å². The van der Waals surface area contributed by atoms with E-state index in [-0.39, 0.29) is 18.8 Å². The van der Waals surface area contributed by atoms with Crippen LogP contribution in [0.1, 0.15) is 23.6 Å². The van der Waals surface area contributed by atoms with Gasteiger partial charge in [0.05, 0.1) is 13.2 Å². The van der Waals surface area contributed by atoms with Gasteiger partial charge in [0.2, 0.25) is 5.79 Å². The Morgan fingerprint density at radius 2 is 1.94 bits per heavy atom. The summed E-state index contributed by atoms with van der Waals surface area (Å²) < 4.78 is 44.6. The number of halogens is 3. The lowest BCUT2D eigenvalue weighted by atomic mass is 9.84. The Morgan fingerprint density at radius 1 is 1.16 bits per heavy atom. The molecule has 2 bridgehead atoms. The van der Waals surface area contributed by atoms with Crippen molar-refractivity contribution in [3.8, 4) is 5.75 Å². The minimum Gasteiger partial charge on any atom is -0.491 e. The van der Waals surface area contributed by atoms with Crippen LogP contribution in [-0.4, -0.2) is 59.1 Å². The lowest BCUT2D eigenvalue weighted by Gasteiger charge is -2.45. The minimum absolute atomic E-state index is 0.151. The van der Waals surface area contributed by atoms with Gasteiger partial charge in [0, 0.05) is 10.6 Å². The third-order valence-corrected chi connectivity index (χ3v) is 6.19. The molecule has 2 saturated heterocycles. The van der Waals surface area contributed by atoms with Gasteiger partial charge in [-0.3, -0.25) is 0 Å². The molecule has 31 heavy (non-hydrogen) atoms. The van der Waals surface area contributed by atoms with E-state index in [1.807, 2.05) is 0 Å². The maximum Gasteiger partial charge on any atom is 0.225 e. The van der Waals surface area contributed by atoms with E-state index in [0.29, 0.717) is 28.3 Å². The van der Waals surface area contributed by atoms with Crippen molar-refractivity contribution in [2.45, 2.75) is 43.0 Å². The van der Waals surface area contributed by atoms with E-state index in [0.717, 1.165) is 0 Å². The molecular formula is C22H23ClF2O6. The number of benzene rings is 2. The number of aliphatic hydroxyl groups excluding tert-OH is 3. The second kappa shape index (κ2) is 8.27. The van der Waals surface area contributed by atoms with Gasteiger partial charge in [-0.05, 0) is 48.7 Å². The third-order valence-electron chi connectivity index (χ3n) is 5.83. The van der Waals surface area contributed by atoms with E-state index < -0.39 is 42.2 Å². The highest BCUT2D eigenvalue weighted by Gasteiger charge is 2.67. The first-order chi connectivity index (χ1) is 14.8. The van der Waals surface area contributed by atoms with Crippen molar-refractivity contribution in [2.24, 2.45) is 0 Å². The van der Waals surface area contributed by atoms with Gasteiger partial charge >= 0.3 is 0 Å². The Kier molecular flexibility index (Phi) is 5.97. The smallest absolute Gasteiger partial charge is 0.225 e. The normalized spacial score (nSPS) is 32.3. The molecule has 2 aliphatic rings. The molecule has 2 heterocycles. The monoisotopic (exact) mass is 456 g/mol. The van der Waals surface area contributed by atoms with Gasteiger partial charge in [-0.15, -0.1) is 0 Å². The fraction of sp³-hybridized carbons (Fsp3) is 0.455. The summed E-state index contributed by atoms with van der Waals surface area (Å²) in [6.07, 6.45) is -4.74. The maximum absolute atomic E-state index is 14.2. The number of rotatable bonds is 6. The fourth-order valence-electron chi connectivity index (χ4n) is 4.12. The maximum atomic E-state index is 14.2. The molecule has 2 fully saturated rings. The molecule has 0 saturated carbocycles. The molecule has 2 aromatic rings. The van der Waals surface area contributed by atoms with Crippen LogP contribution in [-0.2, 0) is 21.7 Å². The van der Waals surface area contributed by atoms with Gasteiger partial charge in [-0.25, -0.2) is 8.78 Å². The first kappa shape index (κ1) is 22.4.